The minimum absolute atomic E-state index is 0.216. The first-order valence-corrected chi connectivity index (χ1v) is 7.28. The summed E-state index contributed by atoms with van der Waals surface area (Å²) in [6.45, 7) is 9.00. The zero-order valence-corrected chi connectivity index (χ0v) is 11.4. The molecular weight excluding hydrogens is 212 g/mol. The van der Waals surface area contributed by atoms with Gasteiger partial charge < -0.3 is 15.4 Å². The molecule has 3 heteroatoms. The van der Waals surface area contributed by atoms with E-state index in [9.17, 15) is 0 Å². The lowest BCUT2D eigenvalue weighted by Gasteiger charge is -2.29. The quantitative estimate of drug-likeness (QED) is 0.720. The summed E-state index contributed by atoms with van der Waals surface area (Å²) < 4.78 is 5.64. The Labute approximate surface area is 106 Å². The van der Waals surface area contributed by atoms with Crippen LogP contribution in [0, 0.1) is 5.92 Å². The van der Waals surface area contributed by atoms with Crippen molar-refractivity contribution in [1.82, 2.24) is 10.6 Å². The van der Waals surface area contributed by atoms with Crippen LogP contribution in [0.5, 0.6) is 0 Å². The van der Waals surface area contributed by atoms with Crippen LogP contribution in [-0.2, 0) is 4.74 Å². The van der Waals surface area contributed by atoms with Crippen molar-refractivity contribution in [3.63, 3.8) is 0 Å². The SMILES string of the molecule is CC1OCCC1(C)NCCCC1CCNCC1. The Morgan fingerprint density at radius 1 is 1.35 bits per heavy atom. The summed E-state index contributed by atoms with van der Waals surface area (Å²) in [5.41, 5.74) is 0.216. The predicted octanol–water partition coefficient (Wildman–Crippen LogP) is 1.92. The molecule has 0 aromatic heterocycles. The number of hydrogen-bond acceptors (Lipinski definition) is 3. The summed E-state index contributed by atoms with van der Waals surface area (Å²) in [6.07, 6.45) is 6.96. The van der Waals surface area contributed by atoms with Crippen molar-refractivity contribution < 1.29 is 4.74 Å². The predicted molar refractivity (Wildman–Crippen MR) is 71.3 cm³/mol. The lowest BCUT2D eigenvalue weighted by molar-refractivity contribution is 0.0885. The highest BCUT2D eigenvalue weighted by atomic mass is 16.5. The zero-order chi connectivity index (χ0) is 12.1. The Morgan fingerprint density at radius 2 is 2.12 bits per heavy atom. The van der Waals surface area contributed by atoms with E-state index >= 15 is 0 Å². The maximum Gasteiger partial charge on any atom is 0.0726 e. The Balaban J connectivity index is 1.59. The van der Waals surface area contributed by atoms with Crippen molar-refractivity contribution in [2.75, 3.05) is 26.2 Å². The van der Waals surface area contributed by atoms with E-state index in [1.54, 1.807) is 0 Å². The normalized spacial score (nSPS) is 35.3. The molecule has 2 N–H and O–H groups in total. The molecule has 2 aliphatic heterocycles. The Bertz CT molecular complexity index is 228. The summed E-state index contributed by atoms with van der Waals surface area (Å²) in [5, 5.41) is 7.14. The van der Waals surface area contributed by atoms with Gasteiger partial charge in [-0.3, -0.25) is 0 Å². The number of rotatable bonds is 5. The van der Waals surface area contributed by atoms with Gasteiger partial charge in [-0.15, -0.1) is 0 Å². The second-order valence-corrected chi connectivity index (χ2v) is 5.94. The summed E-state index contributed by atoms with van der Waals surface area (Å²) >= 11 is 0. The molecule has 2 rings (SSSR count). The molecule has 0 amide bonds. The molecule has 0 saturated carbocycles. The van der Waals surface area contributed by atoms with E-state index in [0.29, 0.717) is 6.10 Å². The third kappa shape index (κ3) is 3.67. The van der Waals surface area contributed by atoms with E-state index in [2.05, 4.69) is 24.5 Å². The van der Waals surface area contributed by atoms with Gasteiger partial charge in [0.15, 0.2) is 0 Å². The zero-order valence-electron chi connectivity index (χ0n) is 11.4. The van der Waals surface area contributed by atoms with Crippen LogP contribution in [-0.4, -0.2) is 37.9 Å². The molecule has 0 aromatic rings. The van der Waals surface area contributed by atoms with Crippen LogP contribution < -0.4 is 10.6 Å². The fraction of sp³-hybridized carbons (Fsp3) is 1.00. The second kappa shape index (κ2) is 6.17. The van der Waals surface area contributed by atoms with Gasteiger partial charge in [0.1, 0.15) is 0 Å². The Hall–Kier alpha value is -0.120. The highest BCUT2D eigenvalue weighted by molar-refractivity contribution is 4.93. The van der Waals surface area contributed by atoms with Crippen LogP contribution in [0.1, 0.15) is 46.0 Å². The van der Waals surface area contributed by atoms with Crippen LogP contribution in [0.4, 0.5) is 0 Å². The fourth-order valence-corrected chi connectivity index (χ4v) is 3.00. The van der Waals surface area contributed by atoms with E-state index in [4.69, 9.17) is 4.74 Å². The topological polar surface area (TPSA) is 33.3 Å². The van der Waals surface area contributed by atoms with Crippen LogP contribution >= 0.6 is 0 Å². The molecule has 2 fully saturated rings. The van der Waals surface area contributed by atoms with Crippen LogP contribution in [0.25, 0.3) is 0 Å². The van der Waals surface area contributed by atoms with Gasteiger partial charge in [0.05, 0.1) is 6.10 Å². The van der Waals surface area contributed by atoms with E-state index in [-0.39, 0.29) is 5.54 Å². The number of ether oxygens (including phenoxy) is 1. The maximum atomic E-state index is 5.64. The molecule has 2 aliphatic rings. The van der Waals surface area contributed by atoms with Gasteiger partial charge in [-0.2, -0.15) is 0 Å². The first-order chi connectivity index (χ1) is 8.21. The van der Waals surface area contributed by atoms with Crippen molar-refractivity contribution in [2.45, 2.75) is 57.6 Å². The number of nitrogens with one attached hydrogen (secondary N) is 2. The van der Waals surface area contributed by atoms with Crippen LogP contribution in [0.3, 0.4) is 0 Å². The summed E-state index contributed by atoms with van der Waals surface area (Å²) in [5.74, 6) is 0.961. The van der Waals surface area contributed by atoms with Gasteiger partial charge in [0.2, 0.25) is 0 Å². The lowest BCUT2D eigenvalue weighted by atomic mass is 9.92. The molecule has 3 nitrogen and oxygen atoms in total. The van der Waals surface area contributed by atoms with Gasteiger partial charge in [-0.1, -0.05) is 0 Å². The number of hydrogen-bond donors (Lipinski definition) is 2. The molecule has 2 heterocycles. The van der Waals surface area contributed by atoms with Gasteiger partial charge in [0.25, 0.3) is 0 Å². The van der Waals surface area contributed by atoms with Gasteiger partial charge in [-0.05, 0) is 71.5 Å². The van der Waals surface area contributed by atoms with E-state index in [1.807, 2.05) is 0 Å². The molecule has 0 aliphatic carbocycles. The van der Waals surface area contributed by atoms with Gasteiger partial charge >= 0.3 is 0 Å². The molecule has 2 atom stereocenters. The number of piperidine rings is 1. The van der Waals surface area contributed by atoms with Gasteiger partial charge in [0, 0.05) is 12.1 Å². The molecule has 2 unspecified atom stereocenters. The second-order valence-electron chi connectivity index (χ2n) is 5.94. The molecule has 0 aromatic carbocycles. The third-order valence-corrected chi connectivity index (χ3v) is 4.66. The average Bonchev–Trinajstić information content (AvgIpc) is 2.67. The standard InChI is InChI=1S/C14H28N2O/c1-12-14(2,7-11-17-12)16-8-3-4-13-5-9-15-10-6-13/h12-13,15-16H,3-11H2,1-2H3. The van der Waals surface area contributed by atoms with Crippen molar-refractivity contribution in [3.8, 4) is 0 Å². The minimum Gasteiger partial charge on any atom is -0.377 e. The smallest absolute Gasteiger partial charge is 0.0726 e. The first-order valence-electron chi connectivity index (χ1n) is 7.28. The largest absolute Gasteiger partial charge is 0.377 e. The summed E-state index contributed by atoms with van der Waals surface area (Å²) in [6, 6.07) is 0. The highest BCUT2D eigenvalue weighted by Gasteiger charge is 2.36. The molecule has 0 radical (unpaired) electrons. The Kier molecular flexibility index (Phi) is 4.83. The molecular formula is C14H28N2O. The molecule has 100 valence electrons. The molecule has 2 saturated heterocycles. The third-order valence-electron chi connectivity index (χ3n) is 4.66. The molecule has 0 bridgehead atoms. The van der Waals surface area contributed by atoms with E-state index in [0.717, 1.165) is 25.5 Å². The molecule has 17 heavy (non-hydrogen) atoms. The van der Waals surface area contributed by atoms with Crippen LogP contribution in [0.2, 0.25) is 0 Å². The minimum atomic E-state index is 0.216. The van der Waals surface area contributed by atoms with E-state index < -0.39 is 0 Å². The average molecular weight is 240 g/mol. The van der Waals surface area contributed by atoms with Crippen LogP contribution in [0.15, 0.2) is 0 Å². The lowest BCUT2D eigenvalue weighted by Crippen LogP contribution is -2.48. The van der Waals surface area contributed by atoms with Crippen molar-refractivity contribution >= 4 is 0 Å². The highest BCUT2D eigenvalue weighted by Crippen LogP contribution is 2.25. The van der Waals surface area contributed by atoms with Crippen molar-refractivity contribution in [3.05, 3.63) is 0 Å². The Morgan fingerprint density at radius 3 is 2.76 bits per heavy atom. The summed E-state index contributed by atoms with van der Waals surface area (Å²) in [4.78, 5) is 0. The van der Waals surface area contributed by atoms with Crippen molar-refractivity contribution in [1.29, 1.82) is 0 Å². The summed E-state index contributed by atoms with van der Waals surface area (Å²) in [7, 11) is 0. The first kappa shape index (κ1) is 13.3. The van der Waals surface area contributed by atoms with Gasteiger partial charge in [-0.25, -0.2) is 0 Å². The monoisotopic (exact) mass is 240 g/mol. The van der Waals surface area contributed by atoms with Crippen molar-refractivity contribution in [2.24, 2.45) is 5.92 Å². The van der Waals surface area contributed by atoms with E-state index in [1.165, 1.54) is 38.8 Å². The maximum absolute atomic E-state index is 5.64. The fourth-order valence-electron chi connectivity index (χ4n) is 3.00. The molecule has 0 spiro atoms.